The molecule has 0 aromatic carbocycles. The van der Waals surface area contributed by atoms with E-state index in [1.54, 1.807) is 11.3 Å². The van der Waals surface area contributed by atoms with Crippen LogP contribution in [0.3, 0.4) is 0 Å². The second-order valence-electron chi connectivity index (χ2n) is 5.67. The van der Waals surface area contributed by atoms with Crippen LogP contribution in [-0.4, -0.2) is 35.1 Å². The van der Waals surface area contributed by atoms with Crippen molar-refractivity contribution >= 4 is 11.3 Å². The number of fused-ring (bicyclic) bond motifs is 2. The first kappa shape index (κ1) is 12.6. The summed E-state index contributed by atoms with van der Waals surface area (Å²) in [6.07, 6.45) is 5.73. The number of nitrogens with one attached hydrogen (secondary N) is 1. The average Bonchev–Trinajstić information content (AvgIpc) is 3.12. The Bertz CT molecular complexity index is 551. The lowest BCUT2D eigenvalue weighted by molar-refractivity contribution is 0.191. The van der Waals surface area contributed by atoms with Crippen LogP contribution in [0.15, 0.2) is 28.2 Å². The number of rotatable bonds is 3. The molecule has 2 unspecified atom stereocenters. The van der Waals surface area contributed by atoms with Crippen LogP contribution in [0.4, 0.5) is 0 Å². The largest absolute Gasteiger partial charge is 0.444 e. The summed E-state index contributed by atoms with van der Waals surface area (Å²) in [7, 11) is 0. The highest BCUT2D eigenvalue weighted by molar-refractivity contribution is 7.13. The molecular weight excluding hydrogens is 270 g/mol. The van der Waals surface area contributed by atoms with Gasteiger partial charge >= 0.3 is 0 Å². The summed E-state index contributed by atoms with van der Waals surface area (Å²) in [6.45, 7) is 3.19. The molecule has 2 aliphatic heterocycles. The van der Waals surface area contributed by atoms with Crippen LogP contribution in [-0.2, 0) is 6.54 Å². The van der Waals surface area contributed by atoms with E-state index in [0.717, 1.165) is 42.1 Å². The van der Waals surface area contributed by atoms with E-state index in [0.29, 0.717) is 6.04 Å². The highest BCUT2D eigenvalue weighted by Gasteiger charge is 2.35. The lowest BCUT2D eigenvalue weighted by atomic mass is 10.1. The number of hydrogen-bond acceptors (Lipinski definition) is 5. The molecule has 5 heteroatoms. The molecule has 2 aromatic rings. The molecule has 4 rings (SSSR count). The second kappa shape index (κ2) is 5.31. The van der Waals surface area contributed by atoms with Crippen LogP contribution >= 0.6 is 11.3 Å². The second-order valence-corrected chi connectivity index (χ2v) is 6.62. The van der Waals surface area contributed by atoms with Gasteiger partial charge in [-0.25, -0.2) is 4.98 Å². The summed E-state index contributed by atoms with van der Waals surface area (Å²) in [6, 6.07) is 5.48. The van der Waals surface area contributed by atoms with Crippen molar-refractivity contribution in [2.45, 2.75) is 37.9 Å². The summed E-state index contributed by atoms with van der Waals surface area (Å²) in [4.78, 5) is 8.38. The van der Waals surface area contributed by atoms with Crippen LogP contribution in [0.2, 0.25) is 0 Å². The van der Waals surface area contributed by atoms with E-state index in [9.17, 15) is 0 Å². The first-order valence-corrected chi connectivity index (χ1v) is 8.23. The van der Waals surface area contributed by atoms with Crippen molar-refractivity contribution in [3.05, 3.63) is 29.5 Å². The van der Waals surface area contributed by atoms with Crippen LogP contribution < -0.4 is 5.32 Å². The standard InChI is InChI=1S/C15H19N3OS/c1-2-14(20-7-1)15-17-11(10-19-15)9-18-12-3-4-13(18)8-16-6-5-12/h1-2,7,10,12-13,16H,3-6,8-9H2. The van der Waals surface area contributed by atoms with Crippen LogP contribution in [0, 0.1) is 0 Å². The van der Waals surface area contributed by atoms with E-state index in [1.165, 1.54) is 19.3 Å². The molecule has 106 valence electrons. The molecule has 0 saturated carbocycles. The van der Waals surface area contributed by atoms with Gasteiger partial charge in [0.05, 0.1) is 10.6 Å². The number of nitrogens with zero attached hydrogens (tertiary/aromatic N) is 2. The fourth-order valence-electron chi connectivity index (χ4n) is 3.42. The zero-order chi connectivity index (χ0) is 13.4. The van der Waals surface area contributed by atoms with E-state index >= 15 is 0 Å². The lowest BCUT2D eigenvalue weighted by Gasteiger charge is -2.26. The number of aromatic nitrogens is 1. The fourth-order valence-corrected chi connectivity index (χ4v) is 4.08. The number of hydrogen-bond donors (Lipinski definition) is 1. The van der Waals surface area contributed by atoms with Gasteiger partial charge in [0.1, 0.15) is 6.26 Å². The summed E-state index contributed by atoms with van der Waals surface area (Å²) in [5.41, 5.74) is 1.06. The lowest BCUT2D eigenvalue weighted by Crippen LogP contribution is -2.37. The zero-order valence-electron chi connectivity index (χ0n) is 11.4. The monoisotopic (exact) mass is 289 g/mol. The van der Waals surface area contributed by atoms with Gasteiger partial charge in [0.2, 0.25) is 5.89 Å². The van der Waals surface area contributed by atoms with Gasteiger partial charge in [-0.1, -0.05) is 6.07 Å². The molecular formula is C15H19N3OS. The summed E-state index contributed by atoms with van der Waals surface area (Å²) in [5, 5.41) is 5.59. The molecule has 4 heterocycles. The third-order valence-electron chi connectivity index (χ3n) is 4.43. The predicted octanol–water partition coefficient (Wildman–Crippen LogP) is 2.73. The van der Waals surface area contributed by atoms with Gasteiger partial charge in [-0.3, -0.25) is 4.90 Å². The van der Waals surface area contributed by atoms with Gasteiger partial charge in [-0.2, -0.15) is 0 Å². The average molecular weight is 289 g/mol. The topological polar surface area (TPSA) is 41.3 Å². The van der Waals surface area contributed by atoms with Crippen molar-refractivity contribution in [3.63, 3.8) is 0 Å². The summed E-state index contributed by atoms with van der Waals surface area (Å²) in [5.74, 6) is 0.760. The first-order chi connectivity index (χ1) is 9.90. The van der Waals surface area contributed by atoms with Crippen molar-refractivity contribution in [2.24, 2.45) is 0 Å². The maximum atomic E-state index is 5.63. The van der Waals surface area contributed by atoms with Gasteiger partial charge < -0.3 is 9.73 Å². The zero-order valence-corrected chi connectivity index (χ0v) is 12.2. The molecule has 4 nitrogen and oxygen atoms in total. The van der Waals surface area contributed by atoms with Crippen molar-refractivity contribution in [1.82, 2.24) is 15.2 Å². The van der Waals surface area contributed by atoms with Gasteiger partial charge in [0, 0.05) is 25.2 Å². The van der Waals surface area contributed by atoms with Crippen molar-refractivity contribution in [3.8, 4) is 10.8 Å². The molecule has 0 radical (unpaired) electrons. The Morgan fingerprint density at radius 3 is 3.20 bits per heavy atom. The normalized spacial score (nSPS) is 26.8. The van der Waals surface area contributed by atoms with E-state index < -0.39 is 0 Å². The van der Waals surface area contributed by atoms with Crippen LogP contribution in [0.1, 0.15) is 25.0 Å². The highest BCUT2D eigenvalue weighted by atomic mass is 32.1. The molecule has 2 atom stereocenters. The van der Waals surface area contributed by atoms with E-state index in [-0.39, 0.29) is 0 Å². The summed E-state index contributed by atoms with van der Waals surface area (Å²) >= 11 is 1.67. The van der Waals surface area contributed by atoms with Gasteiger partial charge in [0.25, 0.3) is 0 Å². The van der Waals surface area contributed by atoms with E-state index in [1.807, 2.05) is 12.3 Å². The van der Waals surface area contributed by atoms with Crippen molar-refractivity contribution in [1.29, 1.82) is 0 Å². The van der Waals surface area contributed by atoms with Gasteiger partial charge in [-0.15, -0.1) is 11.3 Å². The fraction of sp³-hybridized carbons (Fsp3) is 0.533. The highest BCUT2D eigenvalue weighted by Crippen LogP contribution is 2.30. The molecule has 0 amide bonds. The molecule has 0 spiro atoms. The molecule has 2 saturated heterocycles. The van der Waals surface area contributed by atoms with E-state index in [4.69, 9.17) is 4.42 Å². The number of oxazole rings is 1. The molecule has 2 aromatic heterocycles. The smallest absolute Gasteiger partial charge is 0.236 e. The minimum absolute atomic E-state index is 0.671. The van der Waals surface area contributed by atoms with Gasteiger partial charge in [-0.05, 0) is 37.3 Å². The Morgan fingerprint density at radius 1 is 1.35 bits per heavy atom. The molecule has 1 N–H and O–H groups in total. The first-order valence-electron chi connectivity index (χ1n) is 7.35. The molecule has 2 bridgehead atoms. The maximum absolute atomic E-state index is 5.63. The minimum atomic E-state index is 0.671. The Labute approximate surface area is 122 Å². The van der Waals surface area contributed by atoms with E-state index in [2.05, 4.69) is 26.6 Å². The van der Waals surface area contributed by atoms with Crippen molar-refractivity contribution < 1.29 is 4.42 Å². The Balaban J connectivity index is 1.51. The Morgan fingerprint density at radius 2 is 2.30 bits per heavy atom. The number of thiophene rings is 1. The minimum Gasteiger partial charge on any atom is -0.444 e. The Hall–Kier alpha value is -1.17. The SMILES string of the molecule is c1csc(-c2nc(CN3C4CCNCC3CC4)co2)c1. The third-order valence-corrected chi connectivity index (χ3v) is 5.29. The van der Waals surface area contributed by atoms with Crippen molar-refractivity contribution in [2.75, 3.05) is 13.1 Å². The predicted molar refractivity (Wildman–Crippen MR) is 79.7 cm³/mol. The molecule has 0 aliphatic carbocycles. The third kappa shape index (κ3) is 2.30. The molecule has 20 heavy (non-hydrogen) atoms. The molecule has 2 fully saturated rings. The Kier molecular flexibility index (Phi) is 3.34. The van der Waals surface area contributed by atoms with Crippen LogP contribution in [0.5, 0.6) is 0 Å². The van der Waals surface area contributed by atoms with Gasteiger partial charge in [0.15, 0.2) is 0 Å². The quantitative estimate of drug-likeness (QED) is 0.943. The molecule has 2 aliphatic rings. The maximum Gasteiger partial charge on any atom is 0.236 e. The summed E-state index contributed by atoms with van der Waals surface area (Å²) < 4.78 is 5.63. The van der Waals surface area contributed by atoms with Crippen LogP contribution in [0.25, 0.3) is 10.8 Å².